The summed E-state index contributed by atoms with van der Waals surface area (Å²) in [5.41, 5.74) is 0.730. The van der Waals surface area contributed by atoms with Crippen LogP contribution in [-0.4, -0.2) is 14.3 Å². The molecule has 0 unspecified atom stereocenters. The number of nitrogens with one attached hydrogen (secondary N) is 1. The van der Waals surface area contributed by atoms with E-state index < -0.39 is 16.1 Å². The van der Waals surface area contributed by atoms with Gasteiger partial charge in [-0.15, -0.1) is 0 Å². The summed E-state index contributed by atoms with van der Waals surface area (Å²) in [5.74, 6) is -0.640. The molecular weight excluding hydrogens is 204 g/mol. The quantitative estimate of drug-likeness (QED) is 0.714. The minimum atomic E-state index is -3.94. The number of rotatable bonds is 3. The van der Waals surface area contributed by atoms with Crippen LogP contribution in [0.2, 0.25) is 0 Å². The summed E-state index contributed by atoms with van der Waals surface area (Å²) < 4.78 is 22.6. The molecule has 1 aromatic rings. The lowest BCUT2D eigenvalue weighted by molar-refractivity contribution is -0.118. The van der Waals surface area contributed by atoms with Crippen molar-refractivity contribution in [2.45, 2.75) is 6.42 Å². The van der Waals surface area contributed by atoms with Gasteiger partial charge in [0.2, 0.25) is 5.91 Å². The van der Waals surface area contributed by atoms with Crippen LogP contribution in [-0.2, 0) is 21.4 Å². The van der Waals surface area contributed by atoms with Crippen LogP contribution in [0.4, 0.5) is 0 Å². The van der Waals surface area contributed by atoms with Gasteiger partial charge in [-0.3, -0.25) is 4.79 Å². The lowest BCUT2D eigenvalue weighted by atomic mass is 10.1. The summed E-state index contributed by atoms with van der Waals surface area (Å²) in [4.78, 5) is 11.1. The van der Waals surface area contributed by atoms with Crippen LogP contribution in [0.5, 0.6) is 0 Å². The molecule has 0 aromatic heterocycles. The number of hydrogen-bond donors (Lipinski definition) is 2. The fourth-order valence-corrected chi connectivity index (χ4v) is 1.37. The van der Waals surface area contributed by atoms with Crippen molar-refractivity contribution in [1.29, 1.82) is 0 Å². The summed E-state index contributed by atoms with van der Waals surface area (Å²) >= 11 is 0. The van der Waals surface area contributed by atoms with Crippen molar-refractivity contribution in [2.24, 2.45) is 5.14 Å². The van der Waals surface area contributed by atoms with Crippen LogP contribution in [0.1, 0.15) is 5.56 Å². The first-order chi connectivity index (χ1) is 6.47. The zero-order chi connectivity index (χ0) is 10.6. The summed E-state index contributed by atoms with van der Waals surface area (Å²) in [6.45, 7) is 0. The largest absolute Gasteiger partial charge is 0.298 e. The van der Waals surface area contributed by atoms with E-state index in [4.69, 9.17) is 0 Å². The molecule has 5 nitrogen and oxygen atoms in total. The molecule has 3 N–H and O–H groups in total. The van der Waals surface area contributed by atoms with Crippen molar-refractivity contribution >= 4 is 16.1 Å². The molecule has 0 heterocycles. The molecule has 1 rings (SSSR count). The topological polar surface area (TPSA) is 89.3 Å². The van der Waals surface area contributed by atoms with Crippen molar-refractivity contribution in [2.75, 3.05) is 0 Å². The molecule has 0 aliphatic carbocycles. The molecule has 6 heteroatoms. The first kappa shape index (κ1) is 10.7. The third-order valence-electron chi connectivity index (χ3n) is 1.46. The predicted molar refractivity (Wildman–Crippen MR) is 51.4 cm³/mol. The minimum absolute atomic E-state index is 0.00271. The summed E-state index contributed by atoms with van der Waals surface area (Å²) in [6.07, 6.45) is -0.00271. The highest BCUT2D eigenvalue weighted by Crippen LogP contribution is 1.98. The molecule has 0 fully saturated rings. The molecule has 14 heavy (non-hydrogen) atoms. The maximum absolute atomic E-state index is 11.1. The summed E-state index contributed by atoms with van der Waals surface area (Å²) in [5, 5.41) is 4.63. The molecule has 76 valence electrons. The van der Waals surface area contributed by atoms with Crippen LogP contribution in [0.3, 0.4) is 0 Å². The normalized spacial score (nSPS) is 10.9. The highest BCUT2D eigenvalue weighted by Gasteiger charge is 2.08. The molecule has 0 saturated carbocycles. The van der Waals surface area contributed by atoms with Gasteiger partial charge in [-0.25, -0.2) is 9.86 Å². The Bertz CT molecular complexity index is 413. The van der Waals surface area contributed by atoms with Crippen LogP contribution in [0.25, 0.3) is 0 Å². The van der Waals surface area contributed by atoms with Gasteiger partial charge in [-0.2, -0.15) is 8.42 Å². The van der Waals surface area contributed by atoms with Crippen LogP contribution >= 0.6 is 0 Å². The lowest BCUT2D eigenvalue weighted by Crippen LogP contribution is -2.36. The third kappa shape index (κ3) is 4.01. The zero-order valence-electron chi connectivity index (χ0n) is 7.30. The second-order valence-electron chi connectivity index (χ2n) is 2.73. The Morgan fingerprint density at radius 1 is 1.29 bits per heavy atom. The monoisotopic (exact) mass is 214 g/mol. The smallest absolute Gasteiger partial charge is 0.274 e. The zero-order valence-corrected chi connectivity index (χ0v) is 8.12. The Hall–Kier alpha value is -1.40. The Morgan fingerprint density at radius 2 is 1.86 bits per heavy atom. The molecule has 0 aliphatic rings. The average Bonchev–Trinajstić information content (AvgIpc) is 2.02. The molecule has 0 spiro atoms. The third-order valence-corrected chi connectivity index (χ3v) is 1.98. The maximum Gasteiger partial charge on any atom is 0.298 e. The standard InChI is InChI=1S/C8H10N2O3S/c9-14(12,13)10-8(11)6-7-4-2-1-3-5-7/h1-5H,6H2,(H,10,11)(H2,9,12,13). The van der Waals surface area contributed by atoms with E-state index in [1.807, 2.05) is 0 Å². The van der Waals surface area contributed by atoms with Crippen molar-refractivity contribution in [3.63, 3.8) is 0 Å². The van der Waals surface area contributed by atoms with Gasteiger partial charge >= 0.3 is 0 Å². The van der Waals surface area contributed by atoms with Gasteiger partial charge < -0.3 is 0 Å². The predicted octanol–water partition coefficient (Wildman–Crippen LogP) is -0.451. The Balaban J connectivity index is 2.59. The van der Waals surface area contributed by atoms with Crippen LogP contribution in [0, 0.1) is 0 Å². The maximum atomic E-state index is 11.1. The van der Waals surface area contributed by atoms with Gasteiger partial charge in [0.25, 0.3) is 10.2 Å². The number of benzene rings is 1. The number of nitrogens with two attached hydrogens (primary N) is 1. The highest BCUT2D eigenvalue weighted by molar-refractivity contribution is 7.87. The van der Waals surface area contributed by atoms with E-state index in [1.54, 1.807) is 35.1 Å². The van der Waals surface area contributed by atoms with E-state index in [-0.39, 0.29) is 6.42 Å². The Morgan fingerprint density at radius 3 is 2.36 bits per heavy atom. The van der Waals surface area contributed by atoms with Crippen LogP contribution < -0.4 is 9.86 Å². The van der Waals surface area contributed by atoms with E-state index in [0.717, 1.165) is 5.56 Å². The first-order valence-electron chi connectivity index (χ1n) is 3.85. The fourth-order valence-electron chi connectivity index (χ4n) is 0.976. The van der Waals surface area contributed by atoms with E-state index >= 15 is 0 Å². The average molecular weight is 214 g/mol. The van der Waals surface area contributed by atoms with Gasteiger partial charge in [0.1, 0.15) is 0 Å². The first-order valence-corrected chi connectivity index (χ1v) is 5.39. The van der Waals surface area contributed by atoms with Crippen molar-refractivity contribution in [1.82, 2.24) is 4.72 Å². The minimum Gasteiger partial charge on any atom is -0.274 e. The molecule has 0 atom stereocenters. The van der Waals surface area contributed by atoms with Crippen molar-refractivity contribution in [3.8, 4) is 0 Å². The summed E-state index contributed by atoms with van der Waals surface area (Å²) in [6, 6.07) is 8.78. The van der Waals surface area contributed by atoms with E-state index in [9.17, 15) is 13.2 Å². The van der Waals surface area contributed by atoms with Gasteiger partial charge in [0.15, 0.2) is 0 Å². The molecule has 0 bridgehead atoms. The Kier molecular flexibility index (Phi) is 3.21. The highest BCUT2D eigenvalue weighted by atomic mass is 32.2. The Labute approximate surface area is 82.1 Å². The van der Waals surface area contributed by atoms with Gasteiger partial charge in [-0.05, 0) is 5.56 Å². The van der Waals surface area contributed by atoms with Crippen LogP contribution in [0.15, 0.2) is 30.3 Å². The lowest BCUT2D eigenvalue weighted by Gasteiger charge is -2.01. The van der Waals surface area contributed by atoms with Gasteiger partial charge in [0, 0.05) is 0 Å². The van der Waals surface area contributed by atoms with Crippen molar-refractivity contribution in [3.05, 3.63) is 35.9 Å². The SMILES string of the molecule is NS(=O)(=O)NC(=O)Cc1ccccc1. The number of carbonyl (C=O) groups is 1. The van der Waals surface area contributed by atoms with E-state index in [0.29, 0.717) is 0 Å². The number of hydrogen-bond acceptors (Lipinski definition) is 3. The molecule has 1 aromatic carbocycles. The van der Waals surface area contributed by atoms with Gasteiger partial charge in [-0.1, -0.05) is 30.3 Å². The van der Waals surface area contributed by atoms with Gasteiger partial charge in [0.05, 0.1) is 6.42 Å². The molecule has 0 saturated heterocycles. The summed E-state index contributed by atoms with van der Waals surface area (Å²) in [7, 11) is -3.94. The van der Waals surface area contributed by atoms with E-state index in [2.05, 4.69) is 5.14 Å². The second-order valence-corrected chi connectivity index (χ2v) is 4.03. The van der Waals surface area contributed by atoms with E-state index in [1.165, 1.54) is 0 Å². The van der Waals surface area contributed by atoms with Crippen molar-refractivity contribution < 1.29 is 13.2 Å². The molecule has 1 amide bonds. The number of amides is 1. The molecular formula is C8H10N2O3S. The fraction of sp³-hybridized carbons (Fsp3) is 0.125. The second kappa shape index (κ2) is 4.21. The number of carbonyl (C=O) groups excluding carboxylic acids is 1. The molecule has 0 aliphatic heterocycles. The molecule has 0 radical (unpaired) electrons.